The van der Waals surface area contributed by atoms with E-state index in [1.54, 1.807) is 17.4 Å². The lowest BCUT2D eigenvalue weighted by Gasteiger charge is -2.10. The molecule has 1 atom stereocenters. The topological polar surface area (TPSA) is 0 Å². The van der Waals surface area contributed by atoms with Crippen molar-refractivity contribution in [3.8, 4) is 0 Å². The number of hydrogen-bond donors (Lipinski definition) is 0. The van der Waals surface area contributed by atoms with Gasteiger partial charge in [-0.1, -0.05) is 35.3 Å². The predicted molar refractivity (Wildman–Crippen MR) is 83.9 cm³/mol. The van der Waals surface area contributed by atoms with Crippen LogP contribution in [0.2, 0.25) is 10.0 Å². The molecule has 0 bridgehead atoms. The molecule has 0 nitrogen and oxygen atoms in total. The van der Waals surface area contributed by atoms with Gasteiger partial charge in [0.2, 0.25) is 0 Å². The van der Waals surface area contributed by atoms with E-state index in [4.69, 9.17) is 34.8 Å². The molecule has 0 saturated carbocycles. The van der Waals surface area contributed by atoms with E-state index in [0.717, 1.165) is 18.7 Å². The highest BCUT2D eigenvalue weighted by Crippen LogP contribution is 2.43. The van der Waals surface area contributed by atoms with E-state index in [0.29, 0.717) is 10.0 Å². The van der Waals surface area contributed by atoms with E-state index < -0.39 is 0 Å². The fourth-order valence-corrected chi connectivity index (χ4v) is 4.30. The minimum atomic E-state index is -0.297. The fraction of sp³-hybridized carbons (Fsp3) is 0.0909. The van der Waals surface area contributed by atoms with Gasteiger partial charge in [-0.05, 0) is 49.6 Å². The van der Waals surface area contributed by atoms with Crippen molar-refractivity contribution >= 4 is 78.0 Å². The zero-order chi connectivity index (χ0) is 12.6. The summed E-state index contributed by atoms with van der Waals surface area (Å²) in [5, 5.41) is 0.730. The number of benzene rings is 1. The molecule has 0 spiro atoms. The van der Waals surface area contributed by atoms with Gasteiger partial charge < -0.3 is 0 Å². The fourth-order valence-electron chi connectivity index (χ4n) is 1.36. The van der Waals surface area contributed by atoms with Crippen LogP contribution in [0.5, 0.6) is 0 Å². The van der Waals surface area contributed by atoms with Crippen molar-refractivity contribution < 1.29 is 0 Å². The first-order valence-electron chi connectivity index (χ1n) is 4.53. The first-order valence-corrected chi connectivity index (χ1v) is 8.13. The lowest BCUT2D eigenvalue weighted by molar-refractivity contribution is 1.18. The molecule has 1 aromatic heterocycles. The van der Waals surface area contributed by atoms with Crippen molar-refractivity contribution in [3.05, 3.63) is 53.0 Å². The van der Waals surface area contributed by atoms with Crippen molar-refractivity contribution in [1.82, 2.24) is 0 Å². The van der Waals surface area contributed by atoms with E-state index in [1.165, 1.54) is 0 Å². The summed E-state index contributed by atoms with van der Waals surface area (Å²) in [6.07, 6.45) is 0. The number of hydrogen-bond acceptors (Lipinski definition) is 1. The van der Waals surface area contributed by atoms with Crippen molar-refractivity contribution in [1.29, 1.82) is 0 Å². The summed E-state index contributed by atoms with van der Waals surface area (Å²) >= 11 is 27.0. The Hall–Kier alpha value is 0.750. The Labute approximate surface area is 135 Å². The molecule has 0 N–H and O–H groups in total. The zero-order valence-electron chi connectivity index (χ0n) is 8.18. The first-order chi connectivity index (χ1) is 8.00. The van der Waals surface area contributed by atoms with Crippen molar-refractivity contribution in [2.24, 2.45) is 0 Å². The molecule has 0 fully saturated rings. The third-order valence-corrected chi connectivity index (χ3v) is 6.92. The van der Waals surface area contributed by atoms with Crippen molar-refractivity contribution in [2.75, 3.05) is 0 Å². The quantitative estimate of drug-likeness (QED) is 0.450. The van der Waals surface area contributed by atoms with Crippen LogP contribution in [0.25, 0.3) is 0 Å². The second-order valence-electron chi connectivity index (χ2n) is 3.28. The van der Waals surface area contributed by atoms with Crippen molar-refractivity contribution in [3.63, 3.8) is 0 Å². The third-order valence-electron chi connectivity index (χ3n) is 2.17. The van der Waals surface area contributed by atoms with Gasteiger partial charge in [0.05, 0.1) is 19.2 Å². The lowest BCUT2D eigenvalue weighted by atomic mass is 10.1. The summed E-state index contributed by atoms with van der Waals surface area (Å²) in [6.45, 7) is 0. The molecule has 0 saturated heterocycles. The molecule has 0 radical (unpaired) electrons. The van der Waals surface area contributed by atoms with Gasteiger partial charge in [-0.2, -0.15) is 0 Å². The maximum absolute atomic E-state index is 6.42. The van der Waals surface area contributed by atoms with Crippen LogP contribution in [-0.4, -0.2) is 0 Å². The average Bonchev–Trinajstić information content (AvgIpc) is 2.62. The minimum absolute atomic E-state index is 0.297. The van der Waals surface area contributed by atoms with Crippen LogP contribution < -0.4 is 0 Å². The Balaban J connectivity index is 2.43. The summed E-state index contributed by atoms with van der Waals surface area (Å²) < 4.78 is 2.00. The summed E-state index contributed by atoms with van der Waals surface area (Å²) in [4.78, 5) is 1.01. The van der Waals surface area contributed by atoms with Crippen LogP contribution in [0.15, 0.2) is 32.5 Å². The number of halogens is 5. The summed E-state index contributed by atoms with van der Waals surface area (Å²) in [6, 6.07) is 7.45. The molecule has 1 unspecified atom stereocenters. The predicted octanol–water partition coefficient (Wildman–Crippen LogP) is 6.91. The van der Waals surface area contributed by atoms with E-state index in [2.05, 4.69) is 31.9 Å². The summed E-state index contributed by atoms with van der Waals surface area (Å²) in [7, 11) is 0. The van der Waals surface area contributed by atoms with Gasteiger partial charge in [0.25, 0.3) is 0 Å². The molecule has 0 aliphatic rings. The Morgan fingerprint density at radius 2 is 1.88 bits per heavy atom. The standard InChI is InChI=1S/C11H5Br2Cl3S/c12-6-4-8(17-11(6)13)10(16)5-2-1-3-7(14)9(5)15/h1-4,10H. The monoisotopic (exact) mass is 432 g/mol. The Morgan fingerprint density at radius 3 is 2.47 bits per heavy atom. The van der Waals surface area contributed by atoms with Gasteiger partial charge in [-0.25, -0.2) is 0 Å². The van der Waals surface area contributed by atoms with Gasteiger partial charge in [0.15, 0.2) is 0 Å². The van der Waals surface area contributed by atoms with Crippen LogP contribution in [0.3, 0.4) is 0 Å². The van der Waals surface area contributed by atoms with Gasteiger partial charge in [0.1, 0.15) is 0 Å². The normalized spacial score (nSPS) is 12.8. The maximum atomic E-state index is 6.42. The molecule has 0 aliphatic heterocycles. The Bertz CT molecular complexity index is 534. The largest absolute Gasteiger partial charge is 0.130 e. The molecule has 1 aromatic carbocycles. The maximum Gasteiger partial charge on any atom is 0.0943 e. The van der Waals surface area contributed by atoms with Crippen LogP contribution in [0.4, 0.5) is 0 Å². The molecule has 0 amide bonds. The molecular weight excluding hydrogens is 430 g/mol. The van der Waals surface area contributed by atoms with E-state index in [1.807, 2.05) is 18.2 Å². The minimum Gasteiger partial charge on any atom is -0.130 e. The first kappa shape index (κ1) is 14.2. The number of alkyl halides is 1. The Kier molecular flexibility index (Phi) is 4.84. The second-order valence-corrected chi connectivity index (χ2v) is 7.75. The third kappa shape index (κ3) is 3.02. The van der Waals surface area contributed by atoms with Crippen molar-refractivity contribution in [2.45, 2.75) is 5.38 Å². The average molecular weight is 435 g/mol. The SMILES string of the molecule is Clc1cccc(C(Cl)c2cc(Br)c(Br)s2)c1Cl. The molecule has 17 heavy (non-hydrogen) atoms. The lowest BCUT2D eigenvalue weighted by Crippen LogP contribution is -1.91. The van der Waals surface area contributed by atoms with Gasteiger partial charge in [-0.3, -0.25) is 0 Å². The number of thiophene rings is 1. The van der Waals surface area contributed by atoms with Crippen LogP contribution in [-0.2, 0) is 0 Å². The molecular formula is C11H5Br2Cl3S. The second kappa shape index (κ2) is 5.81. The molecule has 90 valence electrons. The highest BCUT2D eigenvalue weighted by molar-refractivity contribution is 9.13. The van der Waals surface area contributed by atoms with Crippen LogP contribution in [0, 0.1) is 0 Å². The van der Waals surface area contributed by atoms with Gasteiger partial charge >= 0.3 is 0 Å². The van der Waals surface area contributed by atoms with Crippen LogP contribution in [0.1, 0.15) is 15.8 Å². The molecule has 6 heteroatoms. The van der Waals surface area contributed by atoms with E-state index in [9.17, 15) is 0 Å². The molecule has 0 aliphatic carbocycles. The number of rotatable bonds is 2. The van der Waals surface area contributed by atoms with Gasteiger partial charge in [0, 0.05) is 9.35 Å². The molecule has 1 heterocycles. The van der Waals surface area contributed by atoms with E-state index in [-0.39, 0.29) is 5.38 Å². The molecule has 2 aromatic rings. The highest BCUT2D eigenvalue weighted by atomic mass is 79.9. The van der Waals surface area contributed by atoms with E-state index >= 15 is 0 Å². The summed E-state index contributed by atoms with van der Waals surface area (Å²) in [5.74, 6) is 0. The highest BCUT2D eigenvalue weighted by Gasteiger charge is 2.18. The smallest absolute Gasteiger partial charge is 0.0943 e. The summed E-state index contributed by atoms with van der Waals surface area (Å²) in [5.41, 5.74) is 0.821. The van der Waals surface area contributed by atoms with Gasteiger partial charge in [-0.15, -0.1) is 22.9 Å². The zero-order valence-corrected chi connectivity index (χ0v) is 14.4. The Morgan fingerprint density at radius 1 is 1.18 bits per heavy atom. The van der Waals surface area contributed by atoms with Crippen LogP contribution >= 0.6 is 78.0 Å². The molecule has 2 rings (SSSR count).